The van der Waals surface area contributed by atoms with E-state index in [0.29, 0.717) is 11.1 Å². The summed E-state index contributed by atoms with van der Waals surface area (Å²) in [5.41, 5.74) is 5.80. The van der Waals surface area contributed by atoms with E-state index in [4.69, 9.17) is 9.73 Å². The van der Waals surface area contributed by atoms with Crippen molar-refractivity contribution in [1.82, 2.24) is 0 Å². The van der Waals surface area contributed by atoms with Gasteiger partial charge in [0.15, 0.2) is 12.4 Å². The Labute approximate surface area is 196 Å². The monoisotopic (exact) mass is 489 g/mol. The summed E-state index contributed by atoms with van der Waals surface area (Å²) in [5, 5.41) is 0. The number of hydrogen-bond acceptors (Lipinski definition) is 4. The van der Waals surface area contributed by atoms with Crippen LogP contribution in [0.25, 0.3) is 0 Å². The number of nitrogens with zero attached hydrogens (tertiary/aromatic N) is 1. The molecular formula is C27H24BrNO3. The van der Waals surface area contributed by atoms with Crippen molar-refractivity contribution in [1.29, 1.82) is 0 Å². The molecule has 2 aromatic rings. The number of ketones is 1. The van der Waals surface area contributed by atoms with Gasteiger partial charge < -0.3 is 4.74 Å². The van der Waals surface area contributed by atoms with Crippen molar-refractivity contribution in [3.05, 3.63) is 105 Å². The summed E-state index contributed by atoms with van der Waals surface area (Å²) in [6.07, 6.45) is 5.91. The average molecular weight is 490 g/mol. The van der Waals surface area contributed by atoms with Crippen LogP contribution in [0.1, 0.15) is 34.0 Å². The smallest absolute Gasteiger partial charge is 0.335 e. The minimum Gasteiger partial charge on any atom is -0.454 e. The van der Waals surface area contributed by atoms with Crippen molar-refractivity contribution in [2.24, 2.45) is 10.9 Å². The molecule has 4 nitrogen and oxygen atoms in total. The van der Waals surface area contributed by atoms with Crippen LogP contribution in [0.4, 0.5) is 0 Å². The van der Waals surface area contributed by atoms with E-state index >= 15 is 0 Å². The lowest BCUT2D eigenvalue weighted by Gasteiger charge is -2.31. The van der Waals surface area contributed by atoms with Crippen LogP contribution in [0.15, 0.2) is 87.4 Å². The number of carbonyl (C=O) groups is 2. The highest BCUT2D eigenvalue weighted by Gasteiger charge is 2.36. The number of dihydropyridines is 1. The van der Waals surface area contributed by atoms with E-state index < -0.39 is 5.97 Å². The number of hydrogen-bond donors (Lipinski definition) is 0. The number of carbonyl (C=O) groups excluding carboxylic acids is 2. The largest absolute Gasteiger partial charge is 0.454 e. The van der Waals surface area contributed by atoms with E-state index in [1.54, 1.807) is 12.1 Å². The molecule has 4 rings (SSSR count). The first-order valence-electron chi connectivity index (χ1n) is 10.5. The second kappa shape index (κ2) is 9.21. The van der Waals surface area contributed by atoms with Gasteiger partial charge >= 0.3 is 5.97 Å². The van der Waals surface area contributed by atoms with Gasteiger partial charge in [0, 0.05) is 16.0 Å². The Morgan fingerprint density at radius 2 is 1.59 bits per heavy atom. The molecule has 162 valence electrons. The predicted molar refractivity (Wildman–Crippen MR) is 130 cm³/mol. The van der Waals surface area contributed by atoms with Crippen LogP contribution in [-0.4, -0.2) is 30.1 Å². The molecule has 1 aliphatic carbocycles. The molecule has 1 aliphatic heterocycles. The SMILES string of the molecule is CC1=C(C(=O)OCC(=O)c2ccc(C)cc2)[C@@H]2C=C(Br)C=C[C@@H]2N=C1c1ccc(C)cc1. The molecule has 0 saturated carbocycles. The first-order chi connectivity index (χ1) is 15.3. The van der Waals surface area contributed by atoms with Gasteiger partial charge in [-0.15, -0.1) is 0 Å². The Bertz CT molecular complexity index is 1180. The molecular weight excluding hydrogens is 466 g/mol. The van der Waals surface area contributed by atoms with Crippen LogP contribution >= 0.6 is 15.9 Å². The maximum atomic E-state index is 13.2. The zero-order chi connectivity index (χ0) is 22.8. The third-order valence-corrected chi connectivity index (χ3v) is 6.31. The highest BCUT2D eigenvalue weighted by Crippen LogP contribution is 2.36. The summed E-state index contributed by atoms with van der Waals surface area (Å²) in [6.45, 7) is 5.59. The Kier molecular flexibility index (Phi) is 6.38. The lowest BCUT2D eigenvalue weighted by Crippen LogP contribution is -2.33. The van der Waals surface area contributed by atoms with Crippen LogP contribution in [0.3, 0.4) is 0 Å². The summed E-state index contributed by atoms with van der Waals surface area (Å²) < 4.78 is 6.41. The molecule has 0 N–H and O–H groups in total. The van der Waals surface area contributed by atoms with E-state index in [-0.39, 0.29) is 24.3 Å². The molecule has 0 spiro atoms. The normalized spacial score (nSPS) is 19.8. The van der Waals surface area contributed by atoms with Crippen molar-refractivity contribution in [2.45, 2.75) is 26.8 Å². The first kappa shape index (κ1) is 22.2. The van der Waals surface area contributed by atoms with Gasteiger partial charge in [0.05, 0.1) is 17.3 Å². The van der Waals surface area contributed by atoms with Gasteiger partial charge in [-0.1, -0.05) is 93.8 Å². The molecule has 0 unspecified atom stereocenters. The summed E-state index contributed by atoms with van der Waals surface area (Å²) in [7, 11) is 0. The standard InChI is InChI=1S/C27H24BrNO3/c1-16-4-8-19(9-5-16)24(30)15-32-27(31)25-18(3)26(20-10-6-17(2)7-11-20)29-23-13-12-21(28)14-22(23)25/h4-14,22-23H,15H2,1-3H3/t22-,23+/m1/s1. The quantitative estimate of drug-likeness (QED) is 0.400. The maximum Gasteiger partial charge on any atom is 0.335 e. The Balaban J connectivity index is 1.63. The molecule has 2 aromatic carbocycles. The Morgan fingerprint density at radius 1 is 0.969 bits per heavy atom. The van der Waals surface area contributed by atoms with Gasteiger partial charge in [-0.25, -0.2) is 4.79 Å². The topological polar surface area (TPSA) is 55.7 Å². The number of fused-ring (bicyclic) bond motifs is 1. The van der Waals surface area contributed by atoms with Gasteiger partial charge in [-0.3, -0.25) is 9.79 Å². The number of allylic oxidation sites excluding steroid dienone is 3. The lowest BCUT2D eigenvalue weighted by atomic mass is 9.80. The van der Waals surface area contributed by atoms with Gasteiger partial charge in [0.25, 0.3) is 0 Å². The van der Waals surface area contributed by atoms with Gasteiger partial charge in [-0.2, -0.15) is 0 Å². The predicted octanol–water partition coefficient (Wildman–Crippen LogP) is 5.68. The molecule has 1 heterocycles. The summed E-state index contributed by atoms with van der Waals surface area (Å²) in [5.74, 6) is -0.952. The van der Waals surface area contributed by atoms with Gasteiger partial charge in [0.2, 0.25) is 0 Å². The molecule has 0 bridgehead atoms. The molecule has 0 radical (unpaired) electrons. The highest BCUT2D eigenvalue weighted by molar-refractivity contribution is 9.11. The van der Waals surface area contributed by atoms with Crippen molar-refractivity contribution < 1.29 is 14.3 Å². The van der Waals surface area contributed by atoms with Crippen molar-refractivity contribution in [3.63, 3.8) is 0 Å². The molecule has 32 heavy (non-hydrogen) atoms. The minimum absolute atomic E-state index is 0.202. The lowest BCUT2D eigenvalue weighted by molar-refractivity contribution is -0.138. The van der Waals surface area contributed by atoms with E-state index in [0.717, 1.165) is 32.5 Å². The fourth-order valence-corrected chi connectivity index (χ4v) is 4.40. The number of Topliss-reactive ketones (excluding diaryl/α,β-unsaturated/α-hetero) is 1. The summed E-state index contributed by atoms with van der Waals surface area (Å²) >= 11 is 3.51. The molecule has 5 heteroatoms. The minimum atomic E-state index is -0.482. The number of halogens is 1. The van der Waals surface area contributed by atoms with Crippen LogP contribution in [0.5, 0.6) is 0 Å². The number of rotatable bonds is 5. The van der Waals surface area contributed by atoms with Crippen LogP contribution in [0.2, 0.25) is 0 Å². The number of ether oxygens (including phenoxy) is 1. The second-order valence-corrected chi connectivity index (χ2v) is 9.09. The average Bonchev–Trinajstić information content (AvgIpc) is 2.78. The first-order valence-corrected chi connectivity index (χ1v) is 11.3. The third-order valence-electron chi connectivity index (χ3n) is 5.78. The van der Waals surface area contributed by atoms with Crippen molar-refractivity contribution in [2.75, 3.05) is 6.61 Å². The van der Waals surface area contributed by atoms with Gasteiger partial charge in [-0.05, 0) is 31.9 Å². The van der Waals surface area contributed by atoms with E-state index in [2.05, 4.69) is 15.9 Å². The third kappa shape index (κ3) is 4.58. The zero-order valence-electron chi connectivity index (χ0n) is 18.3. The highest BCUT2D eigenvalue weighted by atomic mass is 79.9. The molecule has 0 amide bonds. The molecule has 0 fully saturated rings. The fourth-order valence-electron chi connectivity index (χ4n) is 3.96. The number of aliphatic imine (C=N–C) groups is 1. The second-order valence-electron chi connectivity index (χ2n) is 8.17. The Hall–Kier alpha value is -3.05. The Morgan fingerprint density at radius 3 is 2.25 bits per heavy atom. The van der Waals surface area contributed by atoms with E-state index in [1.165, 1.54) is 0 Å². The molecule has 2 atom stereocenters. The fraction of sp³-hybridized carbons (Fsp3) is 0.222. The molecule has 0 saturated heterocycles. The summed E-state index contributed by atoms with van der Waals surface area (Å²) in [6, 6.07) is 15.1. The summed E-state index contributed by atoms with van der Waals surface area (Å²) in [4.78, 5) is 30.7. The van der Waals surface area contributed by atoms with E-state index in [1.807, 2.05) is 75.4 Å². The van der Waals surface area contributed by atoms with E-state index in [9.17, 15) is 9.59 Å². The zero-order valence-corrected chi connectivity index (χ0v) is 19.8. The van der Waals surface area contributed by atoms with Crippen molar-refractivity contribution >= 4 is 33.4 Å². The number of esters is 1. The number of aryl methyl sites for hydroxylation is 2. The molecule has 0 aromatic heterocycles. The van der Waals surface area contributed by atoms with Crippen LogP contribution in [0, 0.1) is 19.8 Å². The number of benzene rings is 2. The van der Waals surface area contributed by atoms with Crippen molar-refractivity contribution in [3.8, 4) is 0 Å². The van der Waals surface area contributed by atoms with Gasteiger partial charge in [0.1, 0.15) is 0 Å². The van der Waals surface area contributed by atoms with Crippen LogP contribution in [-0.2, 0) is 9.53 Å². The van der Waals surface area contributed by atoms with Crippen LogP contribution < -0.4 is 0 Å². The maximum absolute atomic E-state index is 13.2. The molecule has 2 aliphatic rings.